The third kappa shape index (κ3) is 1.95. The van der Waals surface area contributed by atoms with Gasteiger partial charge in [0.25, 0.3) is 0 Å². The van der Waals surface area contributed by atoms with Gasteiger partial charge in [0, 0.05) is 30.4 Å². The lowest BCUT2D eigenvalue weighted by Gasteiger charge is -2.33. The second-order valence-corrected chi connectivity index (χ2v) is 4.85. The molecule has 4 heteroatoms. The Morgan fingerprint density at radius 2 is 2.38 bits per heavy atom. The second kappa shape index (κ2) is 4.11. The lowest BCUT2D eigenvalue weighted by Crippen LogP contribution is -2.44. The van der Waals surface area contributed by atoms with Crippen molar-refractivity contribution in [2.24, 2.45) is 0 Å². The summed E-state index contributed by atoms with van der Waals surface area (Å²) >= 11 is 0. The molecule has 1 aromatic rings. The first-order chi connectivity index (χ1) is 7.51. The van der Waals surface area contributed by atoms with Crippen molar-refractivity contribution < 1.29 is 9.50 Å². The van der Waals surface area contributed by atoms with Crippen LogP contribution >= 0.6 is 0 Å². The number of hydrogen-bond acceptors (Lipinski definition) is 3. The van der Waals surface area contributed by atoms with Crippen LogP contribution in [0.3, 0.4) is 0 Å². The molecule has 16 heavy (non-hydrogen) atoms. The van der Waals surface area contributed by atoms with Crippen LogP contribution in [0.4, 0.5) is 4.39 Å². The average Bonchev–Trinajstić information content (AvgIpc) is 2.48. The Kier molecular flexibility index (Phi) is 2.95. The van der Waals surface area contributed by atoms with Crippen LogP contribution in [0.5, 0.6) is 0 Å². The molecule has 1 aromatic heterocycles. The summed E-state index contributed by atoms with van der Waals surface area (Å²) in [7, 11) is 0. The molecule has 1 aliphatic rings. The predicted molar refractivity (Wildman–Crippen MR) is 59.3 cm³/mol. The number of hydrogen-bond donors (Lipinski definition) is 1. The zero-order valence-electron chi connectivity index (χ0n) is 9.65. The fourth-order valence-corrected chi connectivity index (χ4v) is 2.15. The molecule has 1 aliphatic heterocycles. The van der Waals surface area contributed by atoms with Gasteiger partial charge in [-0.05, 0) is 26.3 Å². The molecular formula is C12H17FN2O. The standard InChI is InChI=1S/C12H17FN2O/c1-12(2)11(16)4-6-15(12)8-9-3-5-14-7-10(9)13/h3,5,7,11,16H,4,6,8H2,1-2H3. The van der Waals surface area contributed by atoms with Crippen LogP contribution in [0.15, 0.2) is 18.5 Å². The van der Waals surface area contributed by atoms with Crippen LogP contribution in [-0.4, -0.2) is 33.2 Å². The fraction of sp³-hybridized carbons (Fsp3) is 0.583. The van der Waals surface area contributed by atoms with E-state index in [2.05, 4.69) is 9.88 Å². The Hall–Kier alpha value is -1.00. The van der Waals surface area contributed by atoms with Gasteiger partial charge in [0.15, 0.2) is 0 Å². The van der Waals surface area contributed by atoms with Crippen molar-refractivity contribution >= 4 is 0 Å². The van der Waals surface area contributed by atoms with Crippen molar-refractivity contribution in [1.82, 2.24) is 9.88 Å². The number of aliphatic hydroxyl groups is 1. The number of nitrogens with zero attached hydrogens (tertiary/aromatic N) is 2. The van der Waals surface area contributed by atoms with Crippen LogP contribution < -0.4 is 0 Å². The smallest absolute Gasteiger partial charge is 0.145 e. The van der Waals surface area contributed by atoms with Gasteiger partial charge in [0.1, 0.15) is 5.82 Å². The number of likely N-dealkylation sites (tertiary alicyclic amines) is 1. The molecule has 0 bridgehead atoms. The predicted octanol–water partition coefficient (Wildman–Crippen LogP) is 1.57. The first-order valence-corrected chi connectivity index (χ1v) is 5.53. The summed E-state index contributed by atoms with van der Waals surface area (Å²) in [5.41, 5.74) is 0.354. The van der Waals surface area contributed by atoms with Gasteiger partial charge in [-0.15, -0.1) is 0 Å². The van der Waals surface area contributed by atoms with E-state index in [0.717, 1.165) is 13.0 Å². The largest absolute Gasteiger partial charge is 0.391 e. The summed E-state index contributed by atoms with van der Waals surface area (Å²) in [4.78, 5) is 5.84. The molecule has 2 rings (SSSR count). The molecule has 0 amide bonds. The van der Waals surface area contributed by atoms with E-state index >= 15 is 0 Å². The van der Waals surface area contributed by atoms with E-state index in [1.807, 2.05) is 13.8 Å². The molecule has 1 atom stereocenters. The third-order valence-corrected chi connectivity index (χ3v) is 3.52. The highest BCUT2D eigenvalue weighted by Crippen LogP contribution is 2.30. The van der Waals surface area contributed by atoms with E-state index < -0.39 is 0 Å². The lowest BCUT2D eigenvalue weighted by atomic mass is 9.98. The molecule has 2 heterocycles. The minimum Gasteiger partial charge on any atom is -0.391 e. The maximum absolute atomic E-state index is 13.4. The number of halogens is 1. The number of pyridine rings is 1. The molecule has 0 radical (unpaired) electrons. The molecule has 0 spiro atoms. The lowest BCUT2D eigenvalue weighted by molar-refractivity contribution is 0.0501. The molecule has 0 aromatic carbocycles. The summed E-state index contributed by atoms with van der Waals surface area (Å²) in [6, 6.07) is 1.69. The van der Waals surface area contributed by atoms with Gasteiger partial charge in [-0.3, -0.25) is 9.88 Å². The Labute approximate surface area is 94.9 Å². The van der Waals surface area contributed by atoms with E-state index in [9.17, 15) is 9.50 Å². The minimum absolute atomic E-state index is 0.278. The van der Waals surface area contributed by atoms with Gasteiger partial charge >= 0.3 is 0 Å². The molecule has 1 N–H and O–H groups in total. The van der Waals surface area contributed by atoms with Gasteiger partial charge in [0.2, 0.25) is 0 Å². The van der Waals surface area contributed by atoms with Crippen LogP contribution in [0.2, 0.25) is 0 Å². The van der Waals surface area contributed by atoms with E-state index in [1.165, 1.54) is 6.20 Å². The van der Waals surface area contributed by atoms with Crippen LogP contribution in [0.25, 0.3) is 0 Å². The van der Waals surface area contributed by atoms with Crippen molar-refractivity contribution in [3.8, 4) is 0 Å². The average molecular weight is 224 g/mol. The van der Waals surface area contributed by atoms with Crippen LogP contribution in [-0.2, 0) is 6.54 Å². The summed E-state index contributed by atoms with van der Waals surface area (Å²) in [6.45, 7) is 5.31. The fourth-order valence-electron chi connectivity index (χ4n) is 2.15. The first kappa shape index (κ1) is 11.5. The zero-order valence-corrected chi connectivity index (χ0v) is 9.65. The van der Waals surface area contributed by atoms with Crippen LogP contribution in [0.1, 0.15) is 25.8 Å². The van der Waals surface area contributed by atoms with E-state index in [4.69, 9.17) is 0 Å². The Bertz CT molecular complexity index is 381. The van der Waals surface area contributed by atoms with Gasteiger partial charge in [0.05, 0.1) is 12.3 Å². The van der Waals surface area contributed by atoms with Crippen molar-refractivity contribution in [2.75, 3.05) is 6.54 Å². The van der Waals surface area contributed by atoms with Crippen molar-refractivity contribution in [3.05, 3.63) is 29.8 Å². The van der Waals surface area contributed by atoms with Crippen molar-refractivity contribution in [1.29, 1.82) is 0 Å². The maximum Gasteiger partial charge on any atom is 0.145 e. The minimum atomic E-state index is -0.336. The molecule has 1 fully saturated rings. The summed E-state index contributed by atoms with van der Waals surface area (Å²) in [5.74, 6) is -0.278. The Balaban J connectivity index is 2.14. The quantitative estimate of drug-likeness (QED) is 0.828. The zero-order chi connectivity index (χ0) is 11.8. The van der Waals surface area contributed by atoms with E-state index in [-0.39, 0.29) is 17.5 Å². The highest BCUT2D eigenvalue weighted by Gasteiger charge is 2.40. The molecule has 0 saturated carbocycles. The highest BCUT2D eigenvalue weighted by atomic mass is 19.1. The maximum atomic E-state index is 13.4. The third-order valence-electron chi connectivity index (χ3n) is 3.52. The van der Waals surface area contributed by atoms with Gasteiger partial charge in [-0.2, -0.15) is 0 Å². The first-order valence-electron chi connectivity index (χ1n) is 5.53. The molecule has 3 nitrogen and oxygen atoms in total. The summed E-state index contributed by atoms with van der Waals surface area (Å²) in [5, 5.41) is 9.83. The number of aliphatic hydroxyl groups excluding tert-OH is 1. The number of rotatable bonds is 2. The SMILES string of the molecule is CC1(C)C(O)CCN1Cc1ccncc1F. The van der Waals surface area contributed by atoms with Gasteiger partial charge in [-0.25, -0.2) is 4.39 Å². The normalized spacial score (nSPS) is 24.9. The molecule has 1 saturated heterocycles. The Morgan fingerprint density at radius 3 is 2.94 bits per heavy atom. The van der Waals surface area contributed by atoms with Crippen LogP contribution in [0, 0.1) is 5.82 Å². The van der Waals surface area contributed by atoms with Crippen molar-refractivity contribution in [2.45, 2.75) is 38.5 Å². The molecular weight excluding hydrogens is 207 g/mol. The monoisotopic (exact) mass is 224 g/mol. The van der Waals surface area contributed by atoms with Gasteiger partial charge in [-0.1, -0.05) is 0 Å². The highest BCUT2D eigenvalue weighted by molar-refractivity contribution is 5.13. The van der Waals surface area contributed by atoms with E-state index in [1.54, 1.807) is 12.3 Å². The molecule has 1 unspecified atom stereocenters. The van der Waals surface area contributed by atoms with Crippen molar-refractivity contribution in [3.63, 3.8) is 0 Å². The second-order valence-electron chi connectivity index (χ2n) is 4.85. The summed E-state index contributed by atoms with van der Waals surface area (Å²) in [6.07, 6.45) is 3.24. The van der Waals surface area contributed by atoms with E-state index in [0.29, 0.717) is 12.1 Å². The molecule has 0 aliphatic carbocycles. The summed E-state index contributed by atoms with van der Waals surface area (Å²) < 4.78 is 13.4. The van der Waals surface area contributed by atoms with Gasteiger partial charge < -0.3 is 5.11 Å². The Morgan fingerprint density at radius 1 is 1.62 bits per heavy atom. The molecule has 88 valence electrons. The topological polar surface area (TPSA) is 36.4 Å². The number of aromatic nitrogens is 1.